The monoisotopic (exact) mass is 198 g/mol. The highest BCUT2D eigenvalue weighted by molar-refractivity contribution is 4.81. The van der Waals surface area contributed by atoms with Crippen LogP contribution in [0.1, 0.15) is 32.1 Å². The van der Waals surface area contributed by atoms with E-state index < -0.39 is 0 Å². The summed E-state index contributed by atoms with van der Waals surface area (Å²) in [5, 5.41) is 0. The molecule has 0 spiro atoms. The Bertz CT molecular complexity index is 169. The van der Waals surface area contributed by atoms with Gasteiger partial charge in [-0.25, -0.2) is 0 Å². The van der Waals surface area contributed by atoms with E-state index in [2.05, 4.69) is 4.90 Å². The van der Waals surface area contributed by atoms with E-state index in [0.29, 0.717) is 6.04 Å². The molecule has 1 heterocycles. The third-order valence-electron chi connectivity index (χ3n) is 3.50. The summed E-state index contributed by atoms with van der Waals surface area (Å²) in [6.07, 6.45) is 6.44. The molecule has 0 aromatic heterocycles. The van der Waals surface area contributed by atoms with E-state index in [0.717, 1.165) is 32.3 Å². The van der Waals surface area contributed by atoms with Gasteiger partial charge < -0.3 is 10.5 Å². The van der Waals surface area contributed by atoms with Crippen molar-refractivity contribution in [2.24, 2.45) is 5.73 Å². The number of nitrogens with two attached hydrogens (primary N) is 1. The maximum Gasteiger partial charge on any atom is 0.0594 e. The van der Waals surface area contributed by atoms with Gasteiger partial charge in [-0.3, -0.25) is 4.90 Å². The molecule has 2 rings (SSSR count). The highest BCUT2D eigenvalue weighted by Gasteiger charge is 2.24. The second-order valence-corrected chi connectivity index (χ2v) is 4.58. The molecule has 2 atom stereocenters. The Labute approximate surface area is 86.6 Å². The van der Waals surface area contributed by atoms with Crippen molar-refractivity contribution in [2.45, 2.75) is 44.2 Å². The first-order chi connectivity index (χ1) is 6.86. The topological polar surface area (TPSA) is 38.5 Å². The van der Waals surface area contributed by atoms with Gasteiger partial charge in [0.2, 0.25) is 0 Å². The van der Waals surface area contributed by atoms with Crippen LogP contribution in [0.4, 0.5) is 0 Å². The van der Waals surface area contributed by atoms with Crippen LogP contribution in [0.3, 0.4) is 0 Å². The molecule has 1 aliphatic carbocycles. The molecule has 0 aromatic rings. The van der Waals surface area contributed by atoms with Crippen LogP contribution in [0.15, 0.2) is 0 Å². The fourth-order valence-corrected chi connectivity index (χ4v) is 2.65. The highest BCUT2D eigenvalue weighted by atomic mass is 16.5. The summed E-state index contributed by atoms with van der Waals surface area (Å²) in [6, 6.07) is 1.17. The SMILES string of the molecule is NC1CCCCC(N2CCOCC2)C1. The average molecular weight is 198 g/mol. The van der Waals surface area contributed by atoms with Gasteiger partial charge in [-0.15, -0.1) is 0 Å². The number of hydrogen-bond donors (Lipinski definition) is 1. The van der Waals surface area contributed by atoms with Crippen molar-refractivity contribution in [2.75, 3.05) is 26.3 Å². The van der Waals surface area contributed by atoms with Gasteiger partial charge in [0.05, 0.1) is 13.2 Å². The standard InChI is InChI=1S/C11H22N2O/c12-10-3-1-2-4-11(9-10)13-5-7-14-8-6-13/h10-11H,1-9,12H2. The van der Waals surface area contributed by atoms with Gasteiger partial charge in [0, 0.05) is 25.2 Å². The molecule has 1 saturated carbocycles. The second-order valence-electron chi connectivity index (χ2n) is 4.58. The lowest BCUT2D eigenvalue weighted by molar-refractivity contribution is 0.0126. The summed E-state index contributed by atoms with van der Waals surface area (Å²) < 4.78 is 5.38. The summed E-state index contributed by atoms with van der Waals surface area (Å²) in [7, 11) is 0. The summed E-state index contributed by atoms with van der Waals surface area (Å²) in [5.74, 6) is 0. The minimum Gasteiger partial charge on any atom is -0.379 e. The summed E-state index contributed by atoms with van der Waals surface area (Å²) in [6.45, 7) is 4.03. The fraction of sp³-hybridized carbons (Fsp3) is 1.00. The van der Waals surface area contributed by atoms with Crippen molar-refractivity contribution in [3.8, 4) is 0 Å². The van der Waals surface area contributed by atoms with Gasteiger partial charge in [-0.1, -0.05) is 12.8 Å². The molecule has 0 bridgehead atoms. The van der Waals surface area contributed by atoms with E-state index in [9.17, 15) is 0 Å². The summed E-state index contributed by atoms with van der Waals surface area (Å²) in [4.78, 5) is 2.58. The van der Waals surface area contributed by atoms with Gasteiger partial charge in [0.1, 0.15) is 0 Å². The van der Waals surface area contributed by atoms with Gasteiger partial charge in [-0.2, -0.15) is 0 Å². The van der Waals surface area contributed by atoms with Crippen molar-refractivity contribution < 1.29 is 4.74 Å². The highest BCUT2D eigenvalue weighted by Crippen LogP contribution is 2.21. The predicted molar refractivity (Wildman–Crippen MR) is 57.2 cm³/mol. The van der Waals surface area contributed by atoms with E-state index in [1.54, 1.807) is 0 Å². The van der Waals surface area contributed by atoms with Crippen LogP contribution >= 0.6 is 0 Å². The molecule has 1 saturated heterocycles. The normalized spacial score (nSPS) is 36.6. The van der Waals surface area contributed by atoms with Crippen LogP contribution in [-0.4, -0.2) is 43.3 Å². The van der Waals surface area contributed by atoms with E-state index in [-0.39, 0.29) is 0 Å². The molecule has 82 valence electrons. The van der Waals surface area contributed by atoms with Crippen LogP contribution in [0.5, 0.6) is 0 Å². The Kier molecular flexibility index (Phi) is 3.79. The lowest BCUT2D eigenvalue weighted by Gasteiger charge is -2.34. The minimum atomic E-state index is 0.436. The number of morpholine rings is 1. The first kappa shape index (κ1) is 10.4. The van der Waals surface area contributed by atoms with Crippen molar-refractivity contribution in [3.05, 3.63) is 0 Å². The third-order valence-corrected chi connectivity index (χ3v) is 3.50. The molecule has 2 fully saturated rings. The van der Waals surface area contributed by atoms with Gasteiger partial charge in [0.15, 0.2) is 0 Å². The number of hydrogen-bond acceptors (Lipinski definition) is 3. The number of nitrogens with zero attached hydrogens (tertiary/aromatic N) is 1. The van der Waals surface area contributed by atoms with Gasteiger partial charge in [0.25, 0.3) is 0 Å². The van der Waals surface area contributed by atoms with Crippen molar-refractivity contribution >= 4 is 0 Å². The molecule has 14 heavy (non-hydrogen) atoms. The molecule has 3 heteroatoms. The van der Waals surface area contributed by atoms with Crippen LogP contribution in [0, 0.1) is 0 Å². The van der Waals surface area contributed by atoms with Crippen molar-refractivity contribution in [3.63, 3.8) is 0 Å². The number of ether oxygens (including phenoxy) is 1. The van der Waals surface area contributed by atoms with E-state index >= 15 is 0 Å². The molecular formula is C11H22N2O. The molecule has 2 N–H and O–H groups in total. The second kappa shape index (κ2) is 5.10. The van der Waals surface area contributed by atoms with Gasteiger partial charge >= 0.3 is 0 Å². The summed E-state index contributed by atoms with van der Waals surface area (Å²) in [5.41, 5.74) is 6.07. The average Bonchev–Trinajstić information content (AvgIpc) is 2.44. The first-order valence-corrected chi connectivity index (χ1v) is 5.93. The Morgan fingerprint density at radius 3 is 2.57 bits per heavy atom. The Morgan fingerprint density at radius 1 is 1.07 bits per heavy atom. The van der Waals surface area contributed by atoms with Crippen LogP contribution in [0.25, 0.3) is 0 Å². The van der Waals surface area contributed by atoms with Gasteiger partial charge in [-0.05, 0) is 19.3 Å². The zero-order valence-corrected chi connectivity index (χ0v) is 8.95. The predicted octanol–water partition coefficient (Wildman–Crippen LogP) is 0.979. The zero-order valence-electron chi connectivity index (χ0n) is 8.95. The Balaban J connectivity index is 1.87. The largest absolute Gasteiger partial charge is 0.379 e. The van der Waals surface area contributed by atoms with E-state index in [1.165, 1.54) is 32.1 Å². The number of rotatable bonds is 1. The third kappa shape index (κ3) is 2.69. The van der Waals surface area contributed by atoms with E-state index in [1.807, 2.05) is 0 Å². The fourth-order valence-electron chi connectivity index (χ4n) is 2.65. The van der Waals surface area contributed by atoms with Crippen LogP contribution in [-0.2, 0) is 4.74 Å². The molecule has 3 nitrogen and oxygen atoms in total. The van der Waals surface area contributed by atoms with E-state index in [4.69, 9.17) is 10.5 Å². The van der Waals surface area contributed by atoms with Crippen LogP contribution in [0.2, 0.25) is 0 Å². The van der Waals surface area contributed by atoms with Crippen LogP contribution < -0.4 is 5.73 Å². The maximum absolute atomic E-state index is 6.07. The Hall–Kier alpha value is -0.120. The smallest absolute Gasteiger partial charge is 0.0594 e. The maximum atomic E-state index is 6.07. The molecule has 2 aliphatic rings. The zero-order chi connectivity index (χ0) is 9.80. The molecular weight excluding hydrogens is 176 g/mol. The molecule has 0 aromatic carbocycles. The minimum absolute atomic E-state index is 0.436. The van der Waals surface area contributed by atoms with Crippen molar-refractivity contribution in [1.29, 1.82) is 0 Å². The lowest BCUT2D eigenvalue weighted by atomic mass is 10.0. The quantitative estimate of drug-likeness (QED) is 0.638. The molecule has 0 radical (unpaired) electrons. The first-order valence-electron chi connectivity index (χ1n) is 5.93. The molecule has 2 unspecified atom stereocenters. The Morgan fingerprint density at radius 2 is 1.79 bits per heavy atom. The molecule has 1 aliphatic heterocycles. The lowest BCUT2D eigenvalue weighted by Crippen LogP contribution is -2.45. The summed E-state index contributed by atoms with van der Waals surface area (Å²) >= 11 is 0. The molecule has 0 amide bonds. The van der Waals surface area contributed by atoms with Crippen molar-refractivity contribution in [1.82, 2.24) is 4.90 Å².